The molecule has 1 saturated carbocycles. The van der Waals surface area contributed by atoms with Gasteiger partial charge in [0.25, 0.3) is 0 Å². The Kier molecular flexibility index (Phi) is 2.13. The Hall–Kier alpha value is -1.31. The molecule has 0 bridgehead atoms. The van der Waals surface area contributed by atoms with Crippen molar-refractivity contribution in [3.05, 3.63) is 35.9 Å². The molecule has 1 heterocycles. The maximum atomic E-state index is 11.8. The van der Waals surface area contributed by atoms with Crippen molar-refractivity contribution in [2.75, 3.05) is 0 Å². The number of benzene rings is 1. The van der Waals surface area contributed by atoms with Crippen LogP contribution in [0.1, 0.15) is 44.7 Å². The average Bonchev–Trinajstić information content (AvgIpc) is 2.99. The molecule has 1 aromatic rings. The second-order valence-corrected chi connectivity index (χ2v) is 6.07. The highest BCUT2D eigenvalue weighted by Gasteiger charge is 2.60. The molecule has 2 aliphatic rings. The summed E-state index contributed by atoms with van der Waals surface area (Å²) in [4.78, 5) is 11.8. The van der Waals surface area contributed by atoms with E-state index in [4.69, 9.17) is 0 Å². The molecule has 2 atom stereocenters. The largest absolute Gasteiger partial charge is 0.349 e. The van der Waals surface area contributed by atoms with Crippen LogP contribution in [0.5, 0.6) is 0 Å². The number of carbonyl (C=O) groups excluding carboxylic acids is 1. The summed E-state index contributed by atoms with van der Waals surface area (Å²) in [6.07, 6.45) is 3.17. The normalized spacial score (nSPS) is 34.5. The van der Waals surface area contributed by atoms with Crippen LogP contribution in [-0.2, 0) is 4.79 Å². The minimum Gasteiger partial charge on any atom is -0.349 e. The standard InChI is InChI=1S/C15H19NO/c1-14(8-9-14)15(2)10-12(17)16-13(15)11-6-4-3-5-7-11/h3-7,13H,8-10H2,1-2H3,(H,16,17). The third-order valence-electron chi connectivity index (χ3n) is 4.98. The number of carbonyl (C=O) groups is 1. The Labute approximate surface area is 102 Å². The highest BCUT2D eigenvalue weighted by Crippen LogP contribution is 2.65. The summed E-state index contributed by atoms with van der Waals surface area (Å²) in [7, 11) is 0. The predicted molar refractivity (Wildman–Crippen MR) is 67.4 cm³/mol. The van der Waals surface area contributed by atoms with E-state index in [1.54, 1.807) is 0 Å². The van der Waals surface area contributed by atoms with Gasteiger partial charge in [0.15, 0.2) is 0 Å². The molecular formula is C15H19NO. The zero-order chi connectivity index (χ0) is 12.1. The lowest BCUT2D eigenvalue weighted by Crippen LogP contribution is -2.33. The molecule has 0 radical (unpaired) electrons. The molecule has 17 heavy (non-hydrogen) atoms. The van der Waals surface area contributed by atoms with Gasteiger partial charge < -0.3 is 5.32 Å². The maximum absolute atomic E-state index is 11.8. The number of amides is 1. The summed E-state index contributed by atoms with van der Waals surface area (Å²) in [5.41, 5.74) is 1.66. The van der Waals surface area contributed by atoms with Crippen molar-refractivity contribution in [2.24, 2.45) is 10.8 Å². The van der Waals surface area contributed by atoms with Crippen molar-refractivity contribution in [1.29, 1.82) is 0 Å². The van der Waals surface area contributed by atoms with Gasteiger partial charge in [-0.25, -0.2) is 0 Å². The SMILES string of the molecule is CC1(C2(C)CC(=O)NC2c2ccccc2)CC1. The molecule has 1 amide bonds. The number of nitrogens with one attached hydrogen (secondary N) is 1. The van der Waals surface area contributed by atoms with Gasteiger partial charge in [0.2, 0.25) is 5.91 Å². The zero-order valence-electron chi connectivity index (χ0n) is 10.5. The molecule has 0 spiro atoms. The topological polar surface area (TPSA) is 29.1 Å². The van der Waals surface area contributed by atoms with Crippen LogP contribution in [0, 0.1) is 10.8 Å². The van der Waals surface area contributed by atoms with Gasteiger partial charge in [-0.1, -0.05) is 44.2 Å². The lowest BCUT2D eigenvalue weighted by molar-refractivity contribution is -0.120. The first-order chi connectivity index (χ1) is 8.05. The van der Waals surface area contributed by atoms with Gasteiger partial charge in [0.05, 0.1) is 6.04 Å². The third-order valence-corrected chi connectivity index (χ3v) is 4.98. The van der Waals surface area contributed by atoms with Crippen molar-refractivity contribution >= 4 is 5.91 Å². The van der Waals surface area contributed by atoms with Gasteiger partial charge >= 0.3 is 0 Å². The Morgan fingerprint density at radius 3 is 2.41 bits per heavy atom. The van der Waals surface area contributed by atoms with Crippen molar-refractivity contribution in [3.63, 3.8) is 0 Å². The van der Waals surface area contributed by atoms with E-state index in [0.29, 0.717) is 11.8 Å². The first kappa shape index (κ1) is 10.8. The lowest BCUT2D eigenvalue weighted by atomic mass is 9.68. The molecular weight excluding hydrogens is 210 g/mol. The van der Waals surface area contributed by atoms with Gasteiger partial charge in [-0.3, -0.25) is 4.79 Å². The Morgan fingerprint density at radius 1 is 1.18 bits per heavy atom. The molecule has 2 unspecified atom stereocenters. The Bertz CT molecular complexity index is 449. The van der Waals surface area contributed by atoms with E-state index in [-0.39, 0.29) is 17.4 Å². The molecule has 1 aliphatic heterocycles. The van der Waals surface area contributed by atoms with Crippen LogP contribution in [-0.4, -0.2) is 5.91 Å². The fraction of sp³-hybridized carbons (Fsp3) is 0.533. The van der Waals surface area contributed by atoms with Crippen LogP contribution in [0.25, 0.3) is 0 Å². The monoisotopic (exact) mass is 229 g/mol. The molecule has 0 aromatic heterocycles. The summed E-state index contributed by atoms with van der Waals surface area (Å²) in [6, 6.07) is 10.6. The molecule has 1 aliphatic carbocycles. The molecule has 2 heteroatoms. The van der Waals surface area contributed by atoms with E-state index in [1.807, 2.05) is 6.07 Å². The Balaban J connectivity index is 2.00. The fourth-order valence-electron chi connectivity index (χ4n) is 3.22. The van der Waals surface area contributed by atoms with Crippen molar-refractivity contribution in [3.8, 4) is 0 Å². The first-order valence-electron chi connectivity index (χ1n) is 6.40. The quantitative estimate of drug-likeness (QED) is 0.829. The summed E-state index contributed by atoms with van der Waals surface area (Å²) >= 11 is 0. The maximum Gasteiger partial charge on any atom is 0.221 e. The number of hydrogen-bond acceptors (Lipinski definition) is 1. The van der Waals surface area contributed by atoms with E-state index >= 15 is 0 Å². The minimum absolute atomic E-state index is 0.0748. The molecule has 1 N–H and O–H groups in total. The van der Waals surface area contributed by atoms with Crippen LogP contribution in [0.2, 0.25) is 0 Å². The molecule has 1 aromatic carbocycles. The van der Waals surface area contributed by atoms with E-state index in [1.165, 1.54) is 18.4 Å². The summed E-state index contributed by atoms with van der Waals surface area (Å²) in [5.74, 6) is 0.203. The van der Waals surface area contributed by atoms with E-state index in [2.05, 4.69) is 43.4 Å². The van der Waals surface area contributed by atoms with Gasteiger partial charge in [-0.05, 0) is 23.8 Å². The molecule has 90 valence electrons. The van der Waals surface area contributed by atoms with Crippen LogP contribution < -0.4 is 5.32 Å². The van der Waals surface area contributed by atoms with E-state index in [9.17, 15) is 4.79 Å². The van der Waals surface area contributed by atoms with Crippen LogP contribution in [0.3, 0.4) is 0 Å². The summed E-state index contributed by atoms with van der Waals surface area (Å²) < 4.78 is 0. The second-order valence-electron chi connectivity index (χ2n) is 6.07. The van der Waals surface area contributed by atoms with Crippen molar-refractivity contribution < 1.29 is 4.79 Å². The van der Waals surface area contributed by atoms with E-state index < -0.39 is 0 Å². The number of rotatable bonds is 2. The van der Waals surface area contributed by atoms with Crippen LogP contribution in [0.15, 0.2) is 30.3 Å². The van der Waals surface area contributed by atoms with Crippen LogP contribution in [0.4, 0.5) is 0 Å². The van der Waals surface area contributed by atoms with Gasteiger partial charge in [-0.15, -0.1) is 0 Å². The predicted octanol–water partition coefficient (Wildman–Crippen LogP) is 3.05. The average molecular weight is 229 g/mol. The molecule has 1 saturated heterocycles. The summed E-state index contributed by atoms with van der Waals surface area (Å²) in [5, 5.41) is 3.17. The van der Waals surface area contributed by atoms with E-state index in [0.717, 1.165) is 0 Å². The van der Waals surface area contributed by atoms with Gasteiger partial charge in [-0.2, -0.15) is 0 Å². The molecule has 2 fully saturated rings. The first-order valence-corrected chi connectivity index (χ1v) is 6.40. The van der Waals surface area contributed by atoms with Gasteiger partial charge in [0.1, 0.15) is 0 Å². The zero-order valence-corrected chi connectivity index (χ0v) is 10.5. The summed E-state index contributed by atoms with van der Waals surface area (Å²) in [6.45, 7) is 4.60. The van der Waals surface area contributed by atoms with Crippen LogP contribution >= 0.6 is 0 Å². The Morgan fingerprint density at radius 2 is 1.82 bits per heavy atom. The minimum atomic E-state index is 0.0748. The fourth-order valence-corrected chi connectivity index (χ4v) is 3.22. The smallest absolute Gasteiger partial charge is 0.221 e. The second kappa shape index (κ2) is 3.34. The highest BCUT2D eigenvalue weighted by atomic mass is 16.2. The highest BCUT2D eigenvalue weighted by molar-refractivity contribution is 5.80. The lowest BCUT2D eigenvalue weighted by Gasteiger charge is -2.36. The number of hydrogen-bond donors (Lipinski definition) is 1. The van der Waals surface area contributed by atoms with Crippen molar-refractivity contribution in [1.82, 2.24) is 5.32 Å². The molecule has 2 nitrogen and oxygen atoms in total. The van der Waals surface area contributed by atoms with Crippen molar-refractivity contribution in [2.45, 2.75) is 39.2 Å². The third kappa shape index (κ3) is 1.50. The molecule has 3 rings (SSSR count). The van der Waals surface area contributed by atoms with Gasteiger partial charge in [0, 0.05) is 11.8 Å².